The van der Waals surface area contributed by atoms with Crippen molar-refractivity contribution in [2.24, 2.45) is 5.73 Å². The third-order valence-corrected chi connectivity index (χ3v) is 3.27. The zero-order valence-electron chi connectivity index (χ0n) is 9.63. The normalized spacial score (nSPS) is 16.8. The fraction of sp³-hybridized carbons (Fsp3) is 0.154. The molecule has 18 heavy (non-hydrogen) atoms. The van der Waals surface area contributed by atoms with Gasteiger partial charge in [0.15, 0.2) is 0 Å². The maximum Gasteiger partial charge on any atom is 0.254 e. The molecule has 5 heteroatoms. The maximum absolute atomic E-state index is 11.0. The molecule has 3 rings (SSSR count). The number of amides is 1. The largest absolute Gasteiger partial charge is 0.383 e. The van der Waals surface area contributed by atoms with Crippen LogP contribution in [0, 0.1) is 0 Å². The number of fused-ring (bicyclic) bond motifs is 1. The minimum atomic E-state index is -0.604. The van der Waals surface area contributed by atoms with Gasteiger partial charge in [-0.2, -0.15) is 0 Å². The van der Waals surface area contributed by atoms with E-state index in [1.807, 2.05) is 12.1 Å². The highest BCUT2D eigenvalue weighted by Crippen LogP contribution is 2.38. The van der Waals surface area contributed by atoms with Crippen molar-refractivity contribution in [3.8, 4) is 0 Å². The van der Waals surface area contributed by atoms with Crippen LogP contribution in [-0.4, -0.2) is 15.9 Å². The molecule has 1 aliphatic rings. The first-order valence-corrected chi connectivity index (χ1v) is 5.67. The molecule has 5 nitrogen and oxygen atoms in total. The highest BCUT2D eigenvalue weighted by Gasteiger charge is 2.29. The van der Waals surface area contributed by atoms with Crippen molar-refractivity contribution >= 4 is 11.7 Å². The summed E-state index contributed by atoms with van der Waals surface area (Å²) in [4.78, 5) is 19.4. The van der Waals surface area contributed by atoms with Crippen LogP contribution in [0.3, 0.4) is 0 Å². The van der Waals surface area contributed by atoms with E-state index in [0.717, 1.165) is 6.42 Å². The molecular weight excluding hydrogens is 228 g/mol. The minimum Gasteiger partial charge on any atom is -0.383 e. The average Bonchev–Trinajstić information content (AvgIpc) is 2.30. The van der Waals surface area contributed by atoms with E-state index in [1.165, 1.54) is 17.3 Å². The van der Waals surface area contributed by atoms with E-state index in [-0.39, 0.29) is 17.3 Å². The molecule has 0 saturated heterocycles. The number of nitrogens with zero attached hydrogens (tertiary/aromatic N) is 2. The van der Waals surface area contributed by atoms with Crippen molar-refractivity contribution in [1.82, 2.24) is 9.97 Å². The fourth-order valence-electron chi connectivity index (χ4n) is 2.26. The summed E-state index contributed by atoms with van der Waals surface area (Å²) >= 11 is 0. The number of carbonyl (C=O) groups excluding carboxylic acids is 1. The lowest BCUT2D eigenvalue weighted by molar-refractivity contribution is 0.100. The van der Waals surface area contributed by atoms with Crippen LogP contribution < -0.4 is 11.5 Å². The van der Waals surface area contributed by atoms with E-state index in [4.69, 9.17) is 11.5 Å². The van der Waals surface area contributed by atoms with Gasteiger partial charge in [-0.1, -0.05) is 24.3 Å². The zero-order valence-corrected chi connectivity index (χ0v) is 9.63. The van der Waals surface area contributed by atoms with Gasteiger partial charge < -0.3 is 11.5 Å². The predicted molar refractivity (Wildman–Crippen MR) is 67.0 cm³/mol. The van der Waals surface area contributed by atoms with Crippen molar-refractivity contribution in [3.63, 3.8) is 0 Å². The van der Waals surface area contributed by atoms with Gasteiger partial charge in [0.05, 0.1) is 5.56 Å². The molecule has 0 saturated carbocycles. The van der Waals surface area contributed by atoms with Crippen LogP contribution in [0.4, 0.5) is 5.82 Å². The van der Waals surface area contributed by atoms with E-state index in [9.17, 15) is 4.79 Å². The van der Waals surface area contributed by atoms with E-state index in [2.05, 4.69) is 22.1 Å². The van der Waals surface area contributed by atoms with E-state index >= 15 is 0 Å². The zero-order chi connectivity index (χ0) is 12.7. The second kappa shape index (κ2) is 3.80. The summed E-state index contributed by atoms with van der Waals surface area (Å²) in [6.45, 7) is 0. The summed E-state index contributed by atoms with van der Waals surface area (Å²) in [6.07, 6.45) is 2.31. The van der Waals surface area contributed by atoms with Crippen LogP contribution in [-0.2, 0) is 6.42 Å². The first-order valence-electron chi connectivity index (χ1n) is 5.67. The number of benzene rings is 1. The minimum absolute atomic E-state index is 0.150. The SMILES string of the molecule is NC(=O)c1cnc(C2Cc3ccccc32)nc1N. The number of anilines is 1. The molecular formula is C13H12N4O. The van der Waals surface area contributed by atoms with E-state index < -0.39 is 5.91 Å². The third kappa shape index (κ3) is 1.52. The Morgan fingerprint density at radius 1 is 1.33 bits per heavy atom. The van der Waals surface area contributed by atoms with Crippen LogP contribution in [0.1, 0.15) is 33.2 Å². The van der Waals surface area contributed by atoms with Crippen LogP contribution in [0.25, 0.3) is 0 Å². The van der Waals surface area contributed by atoms with E-state index in [0.29, 0.717) is 5.82 Å². The van der Waals surface area contributed by atoms with Gasteiger partial charge in [-0.15, -0.1) is 0 Å². The van der Waals surface area contributed by atoms with Gasteiger partial charge in [0, 0.05) is 12.1 Å². The van der Waals surface area contributed by atoms with Gasteiger partial charge in [0.2, 0.25) is 0 Å². The molecule has 0 radical (unpaired) electrons. The third-order valence-electron chi connectivity index (χ3n) is 3.27. The Morgan fingerprint density at radius 3 is 2.78 bits per heavy atom. The molecule has 0 spiro atoms. The smallest absolute Gasteiger partial charge is 0.254 e. The standard InChI is InChI=1S/C13H12N4O/c14-11-10(12(15)18)6-16-13(17-11)9-5-7-3-1-2-4-8(7)9/h1-4,6,9H,5H2,(H2,15,18)(H2,14,16,17). The number of nitrogens with two attached hydrogens (primary N) is 2. The van der Waals surface area contributed by atoms with E-state index in [1.54, 1.807) is 0 Å². The van der Waals surface area contributed by atoms with Crippen LogP contribution >= 0.6 is 0 Å². The summed E-state index contributed by atoms with van der Waals surface area (Å²) in [6, 6.07) is 8.16. The summed E-state index contributed by atoms with van der Waals surface area (Å²) < 4.78 is 0. The van der Waals surface area contributed by atoms with Gasteiger partial charge in [-0.05, 0) is 17.5 Å². The average molecular weight is 240 g/mol. The van der Waals surface area contributed by atoms with Gasteiger partial charge in [0.25, 0.3) is 5.91 Å². The maximum atomic E-state index is 11.0. The molecule has 90 valence electrons. The summed E-state index contributed by atoms with van der Waals surface area (Å²) in [7, 11) is 0. The number of nitrogen functional groups attached to an aromatic ring is 1. The summed E-state index contributed by atoms with van der Waals surface area (Å²) in [5.74, 6) is 0.367. The number of hydrogen-bond donors (Lipinski definition) is 2. The van der Waals surface area contributed by atoms with Gasteiger partial charge in [0.1, 0.15) is 11.6 Å². The Kier molecular flexibility index (Phi) is 2.26. The van der Waals surface area contributed by atoms with Crippen molar-refractivity contribution in [3.05, 3.63) is 53.0 Å². The molecule has 4 N–H and O–H groups in total. The van der Waals surface area contributed by atoms with Crippen LogP contribution in [0.2, 0.25) is 0 Å². The molecule has 2 aromatic rings. The lowest BCUT2D eigenvalue weighted by Gasteiger charge is -2.28. The van der Waals surface area contributed by atoms with Gasteiger partial charge >= 0.3 is 0 Å². The van der Waals surface area contributed by atoms with Gasteiger partial charge in [-0.25, -0.2) is 9.97 Å². The monoisotopic (exact) mass is 240 g/mol. The lowest BCUT2D eigenvalue weighted by Crippen LogP contribution is -2.22. The summed E-state index contributed by atoms with van der Waals surface area (Å²) in [5, 5.41) is 0. The lowest BCUT2D eigenvalue weighted by atomic mass is 9.77. The van der Waals surface area contributed by atoms with Crippen molar-refractivity contribution in [2.75, 3.05) is 5.73 Å². The number of carbonyl (C=O) groups is 1. The molecule has 1 heterocycles. The Hall–Kier alpha value is -2.43. The van der Waals surface area contributed by atoms with Gasteiger partial charge in [-0.3, -0.25) is 4.79 Å². The Labute approximate surface area is 104 Å². The highest BCUT2D eigenvalue weighted by atomic mass is 16.1. The number of primary amides is 1. The first-order chi connectivity index (χ1) is 8.66. The molecule has 1 amide bonds. The molecule has 0 fully saturated rings. The Bertz CT molecular complexity index is 639. The number of rotatable bonds is 2. The summed E-state index contributed by atoms with van der Waals surface area (Å²) in [5.41, 5.74) is 13.6. The molecule has 1 aromatic carbocycles. The molecule has 1 unspecified atom stereocenters. The Morgan fingerprint density at radius 2 is 2.11 bits per heavy atom. The van der Waals surface area contributed by atoms with Crippen LogP contribution in [0.5, 0.6) is 0 Å². The number of aromatic nitrogens is 2. The molecule has 0 aliphatic heterocycles. The second-order valence-corrected chi connectivity index (χ2v) is 4.35. The van der Waals surface area contributed by atoms with Crippen molar-refractivity contribution in [2.45, 2.75) is 12.3 Å². The first kappa shape index (κ1) is 10.7. The Balaban J connectivity index is 1.97. The quantitative estimate of drug-likeness (QED) is 0.813. The van der Waals surface area contributed by atoms with Crippen LogP contribution in [0.15, 0.2) is 30.5 Å². The molecule has 0 bridgehead atoms. The molecule has 1 aliphatic carbocycles. The fourth-order valence-corrected chi connectivity index (χ4v) is 2.26. The number of hydrogen-bond acceptors (Lipinski definition) is 4. The predicted octanol–water partition coefficient (Wildman–Crippen LogP) is 0.846. The molecule has 1 aromatic heterocycles. The highest BCUT2D eigenvalue weighted by molar-refractivity contribution is 5.96. The second-order valence-electron chi connectivity index (χ2n) is 4.35. The molecule has 1 atom stereocenters. The van der Waals surface area contributed by atoms with Crippen molar-refractivity contribution < 1.29 is 4.79 Å². The topological polar surface area (TPSA) is 94.9 Å². The van der Waals surface area contributed by atoms with Crippen molar-refractivity contribution in [1.29, 1.82) is 0 Å².